The number of nitrogen functional groups attached to an aromatic ring is 1. The van der Waals surface area contributed by atoms with E-state index >= 15 is 0 Å². The number of hydrogen-bond acceptors (Lipinski definition) is 4. The summed E-state index contributed by atoms with van der Waals surface area (Å²) in [4.78, 5) is 8.90. The molecule has 0 saturated heterocycles. The van der Waals surface area contributed by atoms with Gasteiger partial charge < -0.3 is 11.1 Å². The van der Waals surface area contributed by atoms with Crippen molar-refractivity contribution in [2.24, 2.45) is 11.3 Å². The molecule has 1 rings (SSSR count). The molecule has 1 aromatic rings. The van der Waals surface area contributed by atoms with Gasteiger partial charge in [-0.15, -0.1) is 0 Å². The van der Waals surface area contributed by atoms with Crippen molar-refractivity contribution in [2.75, 3.05) is 17.6 Å². The molecule has 4 heteroatoms. The predicted octanol–water partition coefficient (Wildman–Crippen LogP) is 3.41. The first-order chi connectivity index (χ1) is 8.75. The second-order valence-corrected chi connectivity index (χ2v) is 6.40. The first kappa shape index (κ1) is 15.7. The van der Waals surface area contributed by atoms with Gasteiger partial charge in [0.15, 0.2) is 0 Å². The third-order valence-electron chi connectivity index (χ3n) is 3.76. The molecule has 1 heterocycles. The van der Waals surface area contributed by atoms with Crippen molar-refractivity contribution in [1.82, 2.24) is 9.97 Å². The van der Waals surface area contributed by atoms with E-state index in [0.29, 0.717) is 11.7 Å². The molecule has 0 fully saturated rings. The average molecular weight is 264 g/mol. The van der Waals surface area contributed by atoms with Crippen molar-refractivity contribution in [3.63, 3.8) is 0 Å². The third kappa shape index (κ3) is 4.37. The Hall–Kier alpha value is -1.32. The van der Waals surface area contributed by atoms with Gasteiger partial charge in [0, 0.05) is 18.5 Å². The Morgan fingerprint density at radius 1 is 1.26 bits per heavy atom. The van der Waals surface area contributed by atoms with E-state index in [1.165, 1.54) is 0 Å². The highest BCUT2D eigenvalue weighted by atomic mass is 15.1. The molecule has 1 aromatic heterocycles. The smallest absolute Gasteiger partial charge is 0.134 e. The number of nitrogens with one attached hydrogen (secondary N) is 1. The van der Waals surface area contributed by atoms with E-state index < -0.39 is 0 Å². The highest BCUT2D eigenvalue weighted by molar-refractivity contribution is 5.54. The van der Waals surface area contributed by atoms with Crippen LogP contribution in [0.15, 0.2) is 0 Å². The molecule has 0 aliphatic heterocycles. The Kier molecular flexibility index (Phi) is 5.15. The summed E-state index contributed by atoms with van der Waals surface area (Å²) < 4.78 is 0. The van der Waals surface area contributed by atoms with E-state index in [2.05, 4.69) is 49.9 Å². The summed E-state index contributed by atoms with van der Waals surface area (Å²) in [5.74, 6) is 2.85. The monoisotopic (exact) mass is 264 g/mol. The molecule has 19 heavy (non-hydrogen) atoms. The van der Waals surface area contributed by atoms with Crippen LogP contribution in [0.2, 0.25) is 0 Å². The number of aromatic nitrogens is 2. The Balaban J connectivity index is 2.82. The van der Waals surface area contributed by atoms with Crippen LogP contribution < -0.4 is 11.1 Å². The number of nitrogens with zero attached hydrogens (tertiary/aromatic N) is 2. The van der Waals surface area contributed by atoms with Crippen molar-refractivity contribution in [2.45, 2.75) is 54.4 Å². The summed E-state index contributed by atoms with van der Waals surface area (Å²) in [6, 6.07) is 0. The van der Waals surface area contributed by atoms with Gasteiger partial charge in [-0.25, -0.2) is 9.97 Å². The molecule has 0 aliphatic carbocycles. The molecule has 1 atom stereocenters. The minimum atomic E-state index is 0.283. The molecular weight excluding hydrogens is 236 g/mol. The highest BCUT2D eigenvalue weighted by Crippen LogP contribution is 2.26. The summed E-state index contributed by atoms with van der Waals surface area (Å²) in [5, 5.41) is 3.43. The van der Waals surface area contributed by atoms with Gasteiger partial charge in [-0.3, -0.25) is 0 Å². The summed E-state index contributed by atoms with van der Waals surface area (Å²) in [7, 11) is 0. The Morgan fingerprint density at radius 3 is 2.42 bits per heavy atom. The first-order valence-corrected chi connectivity index (χ1v) is 7.12. The lowest BCUT2D eigenvalue weighted by Gasteiger charge is -2.27. The van der Waals surface area contributed by atoms with Crippen molar-refractivity contribution < 1.29 is 0 Å². The summed E-state index contributed by atoms with van der Waals surface area (Å²) in [6.45, 7) is 14.0. The van der Waals surface area contributed by atoms with Crippen molar-refractivity contribution in [3.05, 3.63) is 11.4 Å². The lowest BCUT2D eigenvalue weighted by atomic mass is 9.82. The van der Waals surface area contributed by atoms with Gasteiger partial charge in [-0.05, 0) is 24.7 Å². The van der Waals surface area contributed by atoms with Gasteiger partial charge in [0.25, 0.3) is 0 Å². The largest absolute Gasteiger partial charge is 0.383 e. The van der Waals surface area contributed by atoms with Crippen LogP contribution >= 0.6 is 0 Å². The van der Waals surface area contributed by atoms with Crippen molar-refractivity contribution >= 4 is 11.6 Å². The topological polar surface area (TPSA) is 63.8 Å². The molecule has 0 bridgehead atoms. The minimum absolute atomic E-state index is 0.283. The summed E-state index contributed by atoms with van der Waals surface area (Å²) >= 11 is 0. The number of anilines is 2. The molecule has 1 unspecified atom stereocenters. The molecule has 0 aromatic carbocycles. The maximum atomic E-state index is 5.95. The van der Waals surface area contributed by atoms with Crippen LogP contribution in [-0.2, 0) is 6.42 Å². The number of hydrogen-bond donors (Lipinski definition) is 2. The van der Waals surface area contributed by atoms with Gasteiger partial charge in [-0.2, -0.15) is 0 Å². The Bertz CT molecular complexity index is 421. The van der Waals surface area contributed by atoms with Crippen LogP contribution in [0.4, 0.5) is 11.6 Å². The Labute approximate surface area is 117 Å². The van der Waals surface area contributed by atoms with Gasteiger partial charge in [0.05, 0.1) is 0 Å². The molecule has 0 radical (unpaired) electrons. The number of rotatable bonds is 5. The second kappa shape index (κ2) is 6.22. The van der Waals surface area contributed by atoms with Crippen LogP contribution in [0.25, 0.3) is 0 Å². The Morgan fingerprint density at radius 2 is 1.89 bits per heavy atom. The SMILES string of the molecule is CCCc1nc(N)c(C)c(NCC(C)C(C)(C)C)n1. The van der Waals surface area contributed by atoms with Crippen molar-refractivity contribution in [1.29, 1.82) is 0 Å². The van der Waals surface area contributed by atoms with E-state index in [4.69, 9.17) is 5.73 Å². The third-order valence-corrected chi connectivity index (χ3v) is 3.76. The average Bonchev–Trinajstić information content (AvgIpc) is 2.30. The van der Waals surface area contributed by atoms with E-state index in [9.17, 15) is 0 Å². The molecule has 4 nitrogen and oxygen atoms in total. The van der Waals surface area contributed by atoms with E-state index in [0.717, 1.165) is 36.6 Å². The maximum absolute atomic E-state index is 5.95. The molecule has 0 amide bonds. The summed E-state index contributed by atoms with van der Waals surface area (Å²) in [5.41, 5.74) is 7.18. The lowest BCUT2D eigenvalue weighted by molar-refractivity contribution is 0.274. The maximum Gasteiger partial charge on any atom is 0.134 e. The van der Waals surface area contributed by atoms with E-state index in [1.807, 2.05) is 6.92 Å². The molecule has 3 N–H and O–H groups in total. The zero-order valence-corrected chi connectivity index (χ0v) is 13.2. The van der Waals surface area contributed by atoms with Gasteiger partial charge in [0.1, 0.15) is 17.5 Å². The van der Waals surface area contributed by atoms with Crippen LogP contribution in [0.5, 0.6) is 0 Å². The van der Waals surface area contributed by atoms with E-state index in [-0.39, 0.29) is 5.41 Å². The molecule has 108 valence electrons. The fourth-order valence-electron chi connectivity index (χ4n) is 1.65. The van der Waals surface area contributed by atoms with Crippen molar-refractivity contribution in [3.8, 4) is 0 Å². The normalized spacial score (nSPS) is 13.4. The minimum Gasteiger partial charge on any atom is -0.383 e. The van der Waals surface area contributed by atoms with Gasteiger partial charge in [0.2, 0.25) is 0 Å². The highest BCUT2D eigenvalue weighted by Gasteiger charge is 2.20. The molecule has 0 spiro atoms. The standard InChI is InChI=1S/C15H28N4/c1-7-8-12-18-13(16)11(3)14(19-12)17-9-10(2)15(4,5)6/h10H,7-9H2,1-6H3,(H3,16,17,18,19). The second-order valence-electron chi connectivity index (χ2n) is 6.40. The molecule has 0 saturated carbocycles. The molecule has 0 aliphatic rings. The van der Waals surface area contributed by atoms with E-state index in [1.54, 1.807) is 0 Å². The fourth-order valence-corrected chi connectivity index (χ4v) is 1.65. The lowest BCUT2D eigenvalue weighted by Crippen LogP contribution is -2.25. The number of nitrogens with two attached hydrogens (primary N) is 1. The first-order valence-electron chi connectivity index (χ1n) is 7.12. The van der Waals surface area contributed by atoms with Crippen LogP contribution in [0.3, 0.4) is 0 Å². The summed E-state index contributed by atoms with van der Waals surface area (Å²) in [6.07, 6.45) is 1.90. The zero-order chi connectivity index (χ0) is 14.6. The fraction of sp³-hybridized carbons (Fsp3) is 0.733. The van der Waals surface area contributed by atoms with Gasteiger partial charge in [-0.1, -0.05) is 34.6 Å². The van der Waals surface area contributed by atoms with Gasteiger partial charge >= 0.3 is 0 Å². The predicted molar refractivity (Wildman–Crippen MR) is 82.3 cm³/mol. The number of aryl methyl sites for hydroxylation is 1. The van der Waals surface area contributed by atoms with Crippen LogP contribution in [0, 0.1) is 18.3 Å². The van der Waals surface area contributed by atoms with Crippen LogP contribution in [-0.4, -0.2) is 16.5 Å². The zero-order valence-electron chi connectivity index (χ0n) is 13.2. The van der Waals surface area contributed by atoms with Crippen LogP contribution in [0.1, 0.15) is 52.4 Å². The molecular formula is C15H28N4. The quantitative estimate of drug-likeness (QED) is 0.855.